The van der Waals surface area contributed by atoms with Gasteiger partial charge >= 0.3 is 0 Å². The van der Waals surface area contributed by atoms with E-state index in [1.54, 1.807) is 11.1 Å². The van der Waals surface area contributed by atoms with Gasteiger partial charge in [0, 0.05) is 32.0 Å². The van der Waals surface area contributed by atoms with Crippen molar-refractivity contribution >= 4 is 0 Å². The molecule has 0 bridgehead atoms. The minimum absolute atomic E-state index is 0.0618. The number of rotatable bonds is 4. The van der Waals surface area contributed by atoms with Gasteiger partial charge in [-0.25, -0.2) is 4.98 Å². The molecule has 1 aliphatic carbocycles. The number of allylic oxidation sites excluding steroid dienone is 1. The van der Waals surface area contributed by atoms with Crippen molar-refractivity contribution in [3.63, 3.8) is 0 Å². The molecule has 1 aromatic rings. The maximum absolute atomic E-state index is 12.5. The van der Waals surface area contributed by atoms with E-state index in [4.69, 9.17) is 4.98 Å². The Bertz CT molecular complexity index is 727. The molecule has 4 heteroatoms. The molecule has 0 atom stereocenters. The van der Waals surface area contributed by atoms with Crippen molar-refractivity contribution in [3.8, 4) is 0 Å². The molecule has 0 amide bonds. The van der Waals surface area contributed by atoms with Crippen LogP contribution in [0.5, 0.6) is 0 Å². The van der Waals surface area contributed by atoms with Gasteiger partial charge in [-0.2, -0.15) is 0 Å². The summed E-state index contributed by atoms with van der Waals surface area (Å²) in [6, 6.07) is 0. The second-order valence-electron chi connectivity index (χ2n) is 8.80. The summed E-state index contributed by atoms with van der Waals surface area (Å²) in [6.07, 6.45) is 5.88. The predicted molar refractivity (Wildman–Crippen MR) is 103 cm³/mol. The topological polar surface area (TPSA) is 49.0 Å². The van der Waals surface area contributed by atoms with E-state index in [9.17, 15) is 4.79 Å². The Morgan fingerprint density at radius 3 is 2.72 bits per heavy atom. The van der Waals surface area contributed by atoms with Crippen molar-refractivity contribution in [1.29, 1.82) is 0 Å². The average Bonchev–Trinajstić information content (AvgIpc) is 2.54. The number of aromatic amines is 1. The van der Waals surface area contributed by atoms with Crippen LogP contribution in [0.4, 0.5) is 0 Å². The first-order valence-corrected chi connectivity index (χ1v) is 9.81. The number of nitrogens with one attached hydrogen (secondary N) is 1. The fraction of sp³-hybridized carbons (Fsp3) is 0.714. The lowest BCUT2D eigenvalue weighted by Gasteiger charge is -2.36. The summed E-state index contributed by atoms with van der Waals surface area (Å²) >= 11 is 0. The SMILES string of the molecule is CC1=C(CCN2CCc3nc(C(C)C)[nH]c(=O)c3C2)C(C)(C)CCC1. The van der Waals surface area contributed by atoms with Gasteiger partial charge in [-0.15, -0.1) is 0 Å². The van der Waals surface area contributed by atoms with Gasteiger partial charge in [0.25, 0.3) is 5.56 Å². The molecule has 0 saturated carbocycles. The van der Waals surface area contributed by atoms with Gasteiger partial charge in [-0.05, 0) is 38.0 Å². The van der Waals surface area contributed by atoms with Crippen LogP contribution in [-0.4, -0.2) is 28.0 Å². The fourth-order valence-electron chi connectivity index (χ4n) is 4.46. The van der Waals surface area contributed by atoms with E-state index in [1.807, 2.05) is 0 Å². The molecule has 0 unspecified atom stereocenters. The monoisotopic (exact) mass is 343 g/mol. The zero-order chi connectivity index (χ0) is 18.2. The molecular formula is C21H33N3O. The number of hydrogen-bond donors (Lipinski definition) is 1. The van der Waals surface area contributed by atoms with Crippen LogP contribution in [-0.2, 0) is 13.0 Å². The van der Waals surface area contributed by atoms with Gasteiger partial charge in [0.15, 0.2) is 0 Å². The third-order valence-corrected chi connectivity index (χ3v) is 6.08. The molecule has 138 valence electrons. The zero-order valence-corrected chi connectivity index (χ0v) is 16.5. The largest absolute Gasteiger partial charge is 0.310 e. The van der Waals surface area contributed by atoms with E-state index >= 15 is 0 Å². The van der Waals surface area contributed by atoms with Crippen LogP contribution in [0, 0.1) is 5.41 Å². The van der Waals surface area contributed by atoms with Crippen molar-refractivity contribution in [1.82, 2.24) is 14.9 Å². The smallest absolute Gasteiger partial charge is 0.255 e. The Balaban J connectivity index is 1.71. The second kappa shape index (κ2) is 7.06. The van der Waals surface area contributed by atoms with Gasteiger partial charge in [0.1, 0.15) is 5.82 Å². The molecule has 0 saturated heterocycles. The van der Waals surface area contributed by atoms with Crippen molar-refractivity contribution in [2.24, 2.45) is 5.41 Å². The Morgan fingerprint density at radius 2 is 2.04 bits per heavy atom. The van der Waals surface area contributed by atoms with Crippen LogP contribution >= 0.6 is 0 Å². The van der Waals surface area contributed by atoms with Gasteiger partial charge in [0.05, 0.1) is 11.3 Å². The molecule has 0 radical (unpaired) electrons. The van der Waals surface area contributed by atoms with Crippen LogP contribution < -0.4 is 5.56 Å². The summed E-state index contributed by atoms with van der Waals surface area (Å²) in [4.78, 5) is 22.6. The molecule has 4 nitrogen and oxygen atoms in total. The second-order valence-corrected chi connectivity index (χ2v) is 8.80. The van der Waals surface area contributed by atoms with Crippen LogP contribution in [0.1, 0.15) is 83.3 Å². The lowest BCUT2D eigenvalue weighted by Crippen LogP contribution is -2.37. The van der Waals surface area contributed by atoms with Crippen molar-refractivity contribution in [2.45, 2.75) is 79.2 Å². The number of aromatic nitrogens is 2. The molecule has 1 N–H and O–H groups in total. The van der Waals surface area contributed by atoms with Crippen LogP contribution in [0.15, 0.2) is 15.9 Å². The first-order chi connectivity index (χ1) is 11.8. The molecule has 1 aromatic heterocycles. The van der Waals surface area contributed by atoms with Crippen LogP contribution in [0.2, 0.25) is 0 Å². The van der Waals surface area contributed by atoms with Crippen LogP contribution in [0.3, 0.4) is 0 Å². The minimum Gasteiger partial charge on any atom is -0.310 e. The highest BCUT2D eigenvalue weighted by atomic mass is 16.1. The summed E-state index contributed by atoms with van der Waals surface area (Å²) in [5.74, 6) is 1.08. The maximum atomic E-state index is 12.5. The van der Waals surface area contributed by atoms with E-state index < -0.39 is 0 Å². The van der Waals surface area contributed by atoms with E-state index in [2.05, 4.69) is 44.5 Å². The number of H-pyrrole nitrogens is 1. The van der Waals surface area contributed by atoms with E-state index in [-0.39, 0.29) is 11.5 Å². The van der Waals surface area contributed by atoms with Crippen molar-refractivity contribution in [3.05, 3.63) is 38.6 Å². The first-order valence-electron chi connectivity index (χ1n) is 9.81. The molecular weight excluding hydrogens is 310 g/mol. The Kier molecular flexibility index (Phi) is 5.19. The average molecular weight is 344 g/mol. The highest BCUT2D eigenvalue weighted by Crippen LogP contribution is 2.41. The Morgan fingerprint density at radius 1 is 1.28 bits per heavy atom. The van der Waals surface area contributed by atoms with Gasteiger partial charge in [0.2, 0.25) is 0 Å². The predicted octanol–water partition coefficient (Wildman–Crippen LogP) is 4.17. The standard InChI is InChI=1S/C21H33N3O/c1-14(2)19-22-18-9-12-24(13-16(18)20(25)23-19)11-8-17-15(3)7-6-10-21(17,4)5/h14H,6-13H2,1-5H3,(H,22,23,25). The quantitative estimate of drug-likeness (QED) is 0.835. The number of hydrogen-bond acceptors (Lipinski definition) is 3. The molecule has 3 rings (SSSR count). The maximum Gasteiger partial charge on any atom is 0.255 e. The Labute approximate surface area is 151 Å². The number of fused-ring (bicyclic) bond motifs is 1. The molecule has 2 heterocycles. The third-order valence-electron chi connectivity index (χ3n) is 6.08. The molecule has 1 aliphatic heterocycles. The summed E-state index contributed by atoms with van der Waals surface area (Å²) in [5, 5.41) is 0. The molecule has 2 aliphatic rings. The number of nitrogens with zero attached hydrogens (tertiary/aromatic N) is 2. The lowest BCUT2D eigenvalue weighted by atomic mass is 9.71. The Hall–Kier alpha value is -1.42. The van der Waals surface area contributed by atoms with Gasteiger partial charge < -0.3 is 4.98 Å². The summed E-state index contributed by atoms with van der Waals surface area (Å²) in [5.41, 5.74) is 5.52. The molecule has 0 aromatic carbocycles. The van der Waals surface area contributed by atoms with Gasteiger partial charge in [-0.3, -0.25) is 9.69 Å². The summed E-state index contributed by atoms with van der Waals surface area (Å²) < 4.78 is 0. The van der Waals surface area contributed by atoms with Crippen molar-refractivity contribution in [2.75, 3.05) is 13.1 Å². The molecule has 0 fully saturated rings. The highest BCUT2D eigenvalue weighted by molar-refractivity contribution is 5.24. The van der Waals surface area contributed by atoms with E-state index in [0.29, 0.717) is 5.41 Å². The molecule has 0 spiro atoms. The van der Waals surface area contributed by atoms with Crippen LogP contribution in [0.25, 0.3) is 0 Å². The van der Waals surface area contributed by atoms with E-state index in [1.165, 1.54) is 19.3 Å². The highest BCUT2D eigenvalue weighted by Gasteiger charge is 2.29. The van der Waals surface area contributed by atoms with Gasteiger partial charge in [-0.1, -0.05) is 38.8 Å². The summed E-state index contributed by atoms with van der Waals surface area (Å²) in [7, 11) is 0. The van der Waals surface area contributed by atoms with Crippen molar-refractivity contribution < 1.29 is 0 Å². The molecule has 25 heavy (non-hydrogen) atoms. The normalized spacial score (nSPS) is 20.9. The lowest BCUT2D eigenvalue weighted by molar-refractivity contribution is 0.241. The summed E-state index contributed by atoms with van der Waals surface area (Å²) in [6.45, 7) is 14.0. The zero-order valence-electron chi connectivity index (χ0n) is 16.5. The first kappa shape index (κ1) is 18.4. The third kappa shape index (κ3) is 3.89. The van der Waals surface area contributed by atoms with E-state index in [0.717, 1.165) is 49.6 Å². The fourth-order valence-corrected chi connectivity index (χ4v) is 4.46. The minimum atomic E-state index is 0.0618.